The van der Waals surface area contributed by atoms with Crippen LogP contribution in [0.3, 0.4) is 0 Å². The normalized spacial score (nSPS) is 25.6. The average Bonchev–Trinajstić information content (AvgIpc) is 4.15. The summed E-state index contributed by atoms with van der Waals surface area (Å²) in [5.74, 6) is -1.37. The summed E-state index contributed by atoms with van der Waals surface area (Å²) in [7, 11) is -6.21. The van der Waals surface area contributed by atoms with Crippen molar-refractivity contribution in [2.75, 3.05) is 6.61 Å². The van der Waals surface area contributed by atoms with Crippen molar-refractivity contribution in [3.8, 4) is 5.75 Å². The number of non-ortho nitro benzene ring substituents is 1. The molecule has 2 heterocycles. The molecule has 74 heavy (non-hydrogen) atoms. The number of benzene rings is 1. The monoisotopic (exact) mass is 1090 g/mol. The third-order valence-electron chi connectivity index (χ3n) is 16.7. The van der Waals surface area contributed by atoms with E-state index in [-0.39, 0.29) is 53.8 Å². The van der Waals surface area contributed by atoms with Crippen LogP contribution in [-0.2, 0) is 46.7 Å². The minimum Gasteiger partial charge on any atom is -0.483 e. The summed E-state index contributed by atoms with van der Waals surface area (Å²) in [5, 5.41) is 11.3. The quantitative estimate of drug-likeness (QED) is 0.0101. The molecule has 0 bridgehead atoms. The Kier molecular flexibility index (Phi) is 26.5. The summed E-state index contributed by atoms with van der Waals surface area (Å²) in [6.45, 7) is 36.7. The first-order valence-corrected chi connectivity index (χ1v) is 36.0. The van der Waals surface area contributed by atoms with Crippen molar-refractivity contribution in [1.29, 1.82) is 0 Å². The molecule has 11 atom stereocenters. The van der Waals surface area contributed by atoms with Crippen LogP contribution in [0.25, 0.3) is 0 Å². The maximum atomic E-state index is 14.4. The topological polar surface area (TPSA) is 164 Å². The number of hydrogen-bond donors (Lipinski definition) is 0. The van der Waals surface area contributed by atoms with Crippen LogP contribution in [0.5, 0.6) is 5.75 Å². The van der Waals surface area contributed by atoms with Crippen LogP contribution in [0.2, 0.25) is 54.4 Å². The Hall–Kier alpha value is -3.17. The number of cyclic esters (lactones) is 1. The molecule has 0 N–H and O–H groups in total. The van der Waals surface area contributed by atoms with Gasteiger partial charge < -0.3 is 32.2 Å². The number of allylic oxidation sites excluding steroid dienone is 1. The van der Waals surface area contributed by atoms with Gasteiger partial charge in [0.2, 0.25) is 0 Å². The van der Waals surface area contributed by atoms with E-state index in [0.29, 0.717) is 25.9 Å². The number of ether oxygens (including phenoxy) is 4. The maximum absolute atomic E-state index is 14.4. The molecule has 11 unspecified atom stereocenters. The number of hydrogen-bond acceptors (Lipinski definition) is 13. The Balaban J connectivity index is 2.10. The first-order chi connectivity index (χ1) is 35.0. The molecule has 0 radical (unpaired) electrons. The fraction of sp³-hybridized carbons (Fsp3) is 0.754. The molecule has 1 fully saturated rings. The third-order valence-corrected chi connectivity index (χ3v) is 30.8. The Bertz CT molecular complexity index is 1950. The Morgan fingerprint density at radius 1 is 0.865 bits per heavy atom. The van der Waals surface area contributed by atoms with Crippen LogP contribution in [0, 0.1) is 33.8 Å². The highest BCUT2D eigenvalue weighted by molar-refractivity contribution is 6.74. The summed E-state index contributed by atoms with van der Waals surface area (Å²) >= 11 is 0. The van der Waals surface area contributed by atoms with E-state index in [4.69, 9.17) is 42.0 Å². The fourth-order valence-electron chi connectivity index (χ4n) is 10.9. The largest absolute Gasteiger partial charge is 0.483 e. The Labute approximate surface area is 449 Å². The van der Waals surface area contributed by atoms with E-state index in [1.165, 1.54) is 24.3 Å². The van der Waals surface area contributed by atoms with Crippen LogP contribution in [0.15, 0.2) is 60.4 Å². The zero-order valence-corrected chi connectivity index (χ0v) is 51.8. The minimum atomic E-state index is -2.25. The van der Waals surface area contributed by atoms with E-state index in [2.05, 4.69) is 108 Å². The molecule has 2 aliphatic heterocycles. The van der Waals surface area contributed by atoms with Crippen LogP contribution >= 0.6 is 0 Å². The van der Waals surface area contributed by atoms with Gasteiger partial charge in [-0.05, 0) is 132 Å². The molecular formula is C57H99NO13Si3. The highest BCUT2D eigenvalue weighted by Gasteiger charge is 2.48. The van der Waals surface area contributed by atoms with Gasteiger partial charge in [0.05, 0.1) is 34.8 Å². The van der Waals surface area contributed by atoms with Gasteiger partial charge in [0.25, 0.3) is 5.69 Å². The summed E-state index contributed by atoms with van der Waals surface area (Å²) in [5.41, 5.74) is -2.09. The Morgan fingerprint density at radius 3 is 1.97 bits per heavy atom. The maximum Gasteiger partial charge on any atom is 0.365 e. The smallest absolute Gasteiger partial charge is 0.365 e. The predicted molar refractivity (Wildman–Crippen MR) is 302 cm³/mol. The molecule has 14 nitrogen and oxygen atoms in total. The lowest BCUT2D eigenvalue weighted by Gasteiger charge is -2.40. The second-order valence-corrected chi connectivity index (χ2v) is 35.6. The van der Waals surface area contributed by atoms with Gasteiger partial charge in [0.15, 0.2) is 43.1 Å². The standard InChI is InChI=1S/C57H99NO13Si3/c1-18-50(70-73(23-6,24-7)25-8)44(14)54-51(64-54)41-56(16,71-74(26-9,27-10)28-11)38-29-30-42(12)53-43(13)31-36-49(55(60)68-67-47-34-32-46(33-35-47)58(61)62)57(17,66-45(15)63-19-2)39-37-48(40-52(59)65-53)69-72(20-3,21-4)22-5/h29,31-36,38,41-45,48-50,53-54H,18-28,30,37,39-40H2,1-17H3/b36-31+,38-29+,51-41+. The number of carbonyl (C=O) groups excluding carboxylic acids is 2. The van der Waals surface area contributed by atoms with Crippen LogP contribution in [-0.4, -0.2) is 90.3 Å². The van der Waals surface area contributed by atoms with Crippen LogP contribution in [0.1, 0.15) is 150 Å². The van der Waals surface area contributed by atoms with Crippen molar-refractivity contribution in [3.05, 3.63) is 70.5 Å². The molecule has 1 aromatic carbocycles. The second kappa shape index (κ2) is 30.1. The number of rotatable bonds is 31. The number of epoxide rings is 1. The molecule has 1 saturated heterocycles. The number of nitro benzene ring substituents is 1. The van der Waals surface area contributed by atoms with E-state index in [9.17, 15) is 19.7 Å². The summed E-state index contributed by atoms with van der Waals surface area (Å²) in [6.07, 6.45) is 10.7. The van der Waals surface area contributed by atoms with Crippen LogP contribution in [0.4, 0.5) is 5.69 Å². The van der Waals surface area contributed by atoms with Crippen molar-refractivity contribution in [2.45, 2.75) is 246 Å². The van der Waals surface area contributed by atoms with Gasteiger partial charge in [-0.3, -0.25) is 19.8 Å². The highest BCUT2D eigenvalue weighted by atomic mass is 28.4. The van der Waals surface area contributed by atoms with Crippen molar-refractivity contribution in [1.82, 2.24) is 0 Å². The van der Waals surface area contributed by atoms with Crippen molar-refractivity contribution >= 4 is 42.6 Å². The molecule has 0 saturated carbocycles. The number of nitro groups is 1. The van der Waals surface area contributed by atoms with Gasteiger partial charge in [-0.1, -0.05) is 114 Å². The van der Waals surface area contributed by atoms with Crippen molar-refractivity contribution < 1.29 is 56.5 Å². The first kappa shape index (κ1) is 65.1. The van der Waals surface area contributed by atoms with Gasteiger partial charge in [-0.25, -0.2) is 9.68 Å². The lowest BCUT2D eigenvalue weighted by atomic mass is 9.81. The van der Waals surface area contributed by atoms with Crippen molar-refractivity contribution in [3.63, 3.8) is 0 Å². The molecule has 17 heteroatoms. The van der Waals surface area contributed by atoms with E-state index >= 15 is 0 Å². The lowest BCUT2D eigenvalue weighted by Crippen LogP contribution is -2.47. The Morgan fingerprint density at radius 2 is 1.45 bits per heavy atom. The van der Waals surface area contributed by atoms with E-state index in [0.717, 1.165) is 66.6 Å². The van der Waals surface area contributed by atoms with Gasteiger partial charge in [-0.2, -0.15) is 0 Å². The molecule has 0 spiro atoms. The SMILES string of the molecule is CCOC(C)OC1(C)CCC(O[Si](CC)(CC)CC)CC(=O)OC(C(C)C/C=C/C(C)(/C=C2/OC2C(C)C(CC)O[Si](CC)(CC)CC)O[Si](CC)(CC)CC)C(C)/C=C/C1C(=O)OOc1ccc([N+](=O)[O-])cc1. The molecule has 2 aliphatic rings. The minimum absolute atomic E-state index is 0.0334. The molecule has 422 valence electrons. The molecule has 0 aliphatic carbocycles. The summed E-state index contributed by atoms with van der Waals surface area (Å²) < 4.78 is 47.0. The third kappa shape index (κ3) is 18.2. The average molecular weight is 1090 g/mol. The summed E-state index contributed by atoms with van der Waals surface area (Å²) in [4.78, 5) is 50.6. The zero-order chi connectivity index (χ0) is 55.5. The first-order valence-electron chi connectivity index (χ1n) is 28.4. The van der Waals surface area contributed by atoms with Gasteiger partial charge in [0.1, 0.15) is 17.8 Å². The zero-order valence-electron chi connectivity index (χ0n) is 48.8. The second-order valence-electron chi connectivity index (χ2n) is 21.5. The molecule has 0 amide bonds. The van der Waals surface area contributed by atoms with Crippen LogP contribution < -0.4 is 4.89 Å². The van der Waals surface area contributed by atoms with Gasteiger partial charge in [0, 0.05) is 30.6 Å². The molecule has 1 aromatic rings. The van der Waals surface area contributed by atoms with E-state index < -0.39 is 71.5 Å². The molecular weight excluding hydrogens is 991 g/mol. The lowest BCUT2D eigenvalue weighted by molar-refractivity contribution is -0.384. The van der Waals surface area contributed by atoms with Gasteiger partial charge in [-0.15, -0.1) is 0 Å². The summed E-state index contributed by atoms with van der Waals surface area (Å²) in [6, 6.07) is 14.2. The number of carbonyl (C=O) groups is 2. The van der Waals surface area contributed by atoms with E-state index in [1.54, 1.807) is 13.0 Å². The fourth-order valence-corrected chi connectivity index (χ4v) is 19.8. The van der Waals surface area contributed by atoms with Gasteiger partial charge >= 0.3 is 11.9 Å². The molecule has 0 aromatic heterocycles. The van der Waals surface area contributed by atoms with Crippen molar-refractivity contribution in [2.24, 2.45) is 23.7 Å². The number of esters is 1. The number of nitrogens with zero attached hydrogens (tertiary/aromatic N) is 1. The van der Waals surface area contributed by atoms with E-state index in [1.807, 2.05) is 26.8 Å². The highest BCUT2D eigenvalue weighted by Crippen LogP contribution is 2.43. The molecule has 3 rings (SSSR count). The predicted octanol–water partition coefficient (Wildman–Crippen LogP) is 15.0.